The standard InChI is InChI=1S/C47H31OP/c48-49(35-18-3-1-4-19-35,36-20-5-2-6-21-36)37-22-13-17-34(29-37)38-25-14-28-44-46(38)41-30-32-15-7-8-16-33(32)31-45(41)47(44)42-26-11-9-23-39(42)40-24-10-12-27-43(40)47/h1-31H. The minimum Gasteiger partial charge on any atom is -0.309 e. The molecule has 0 saturated heterocycles. The number of benzene rings is 8. The van der Waals surface area contributed by atoms with Gasteiger partial charge in [0, 0.05) is 15.9 Å². The zero-order valence-electron chi connectivity index (χ0n) is 26.8. The molecule has 0 aromatic heterocycles. The summed E-state index contributed by atoms with van der Waals surface area (Å²) in [4.78, 5) is 0. The van der Waals surface area contributed by atoms with Gasteiger partial charge >= 0.3 is 0 Å². The topological polar surface area (TPSA) is 17.1 Å². The smallest absolute Gasteiger partial charge is 0.171 e. The summed E-state index contributed by atoms with van der Waals surface area (Å²) in [5, 5.41) is 4.98. The maximum atomic E-state index is 15.5. The molecule has 0 fully saturated rings. The summed E-state index contributed by atoms with van der Waals surface area (Å²) in [6.07, 6.45) is 0. The molecule has 0 radical (unpaired) electrons. The lowest BCUT2D eigenvalue weighted by Gasteiger charge is -2.30. The van der Waals surface area contributed by atoms with Gasteiger partial charge in [0.25, 0.3) is 0 Å². The predicted octanol–water partition coefficient (Wildman–Crippen LogP) is 10.5. The van der Waals surface area contributed by atoms with E-state index < -0.39 is 12.6 Å². The molecular weight excluding hydrogens is 611 g/mol. The van der Waals surface area contributed by atoms with Crippen LogP contribution in [-0.2, 0) is 9.98 Å². The van der Waals surface area contributed by atoms with E-state index in [-0.39, 0.29) is 0 Å². The van der Waals surface area contributed by atoms with Gasteiger partial charge < -0.3 is 4.57 Å². The second kappa shape index (κ2) is 10.6. The van der Waals surface area contributed by atoms with Crippen LogP contribution < -0.4 is 15.9 Å². The molecule has 0 unspecified atom stereocenters. The van der Waals surface area contributed by atoms with E-state index in [1.54, 1.807) is 0 Å². The van der Waals surface area contributed by atoms with Crippen molar-refractivity contribution in [1.82, 2.24) is 0 Å². The molecule has 8 aromatic carbocycles. The lowest BCUT2D eigenvalue weighted by molar-refractivity contribution is 0.592. The Morgan fingerprint density at radius 2 is 0.837 bits per heavy atom. The molecule has 230 valence electrons. The molecule has 1 spiro atoms. The zero-order chi connectivity index (χ0) is 32.6. The first-order valence-electron chi connectivity index (χ1n) is 16.9. The van der Waals surface area contributed by atoms with Crippen LogP contribution in [0.4, 0.5) is 0 Å². The first kappa shape index (κ1) is 28.3. The Bertz CT molecular complexity index is 2550. The van der Waals surface area contributed by atoms with Gasteiger partial charge in [-0.25, -0.2) is 0 Å². The van der Waals surface area contributed by atoms with E-state index in [4.69, 9.17) is 0 Å². The van der Waals surface area contributed by atoms with Gasteiger partial charge in [-0.1, -0.05) is 170 Å². The predicted molar refractivity (Wildman–Crippen MR) is 205 cm³/mol. The second-order valence-corrected chi connectivity index (χ2v) is 15.9. The minimum atomic E-state index is -3.16. The third kappa shape index (κ3) is 3.85. The Labute approximate surface area is 286 Å². The quantitative estimate of drug-likeness (QED) is 0.175. The molecular formula is C47H31OP. The van der Waals surface area contributed by atoms with Gasteiger partial charge in [-0.2, -0.15) is 0 Å². The summed E-state index contributed by atoms with van der Waals surface area (Å²) in [6.45, 7) is 0. The summed E-state index contributed by atoms with van der Waals surface area (Å²) in [7, 11) is -3.16. The van der Waals surface area contributed by atoms with Crippen molar-refractivity contribution >= 4 is 33.8 Å². The third-order valence-electron chi connectivity index (χ3n) is 10.7. The summed E-state index contributed by atoms with van der Waals surface area (Å²) >= 11 is 0. The van der Waals surface area contributed by atoms with Gasteiger partial charge in [0.2, 0.25) is 0 Å². The Morgan fingerprint density at radius 3 is 1.49 bits per heavy atom. The lowest BCUT2D eigenvalue weighted by atomic mass is 9.70. The number of rotatable bonds is 4. The van der Waals surface area contributed by atoms with Crippen molar-refractivity contribution in [2.75, 3.05) is 0 Å². The van der Waals surface area contributed by atoms with Crippen molar-refractivity contribution in [1.29, 1.82) is 0 Å². The van der Waals surface area contributed by atoms with E-state index in [2.05, 4.69) is 121 Å². The van der Waals surface area contributed by atoms with Gasteiger partial charge in [0.05, 0.1) is 5.41 Å². The fourth-order valence-corrected chi connectivity index (χ4v) is 11.4. The average molecular weight is 643 g/mol. The molecule has 0 amide bonds. The average Bonchev–Trinajstić information content (AvgIpc) is 3.64. The van der Waals surface area contributed by atoms with Crippen molar-refractivity contribution < 1.29 is 4.57 Å². The molecule has 0 N–H and O–H groups in total. The van der Waals surface area contributed by atoms with Crippen molar-refractivity contribution in [3.05, 3.63) is 210 Å². The fraction of sp³-hybridized carbons (Fsp3) is 0.0213. The van der Waals surface area contributed by atoms with Crippen LogP contribution in [0.15, 0.2) is 188 Å². The first-order valence-corrected chi connectivity index (χ1v) is 18.6. The van der Waals surface area contributed by atoms with Gasteiger partial charge in [-0.15, -0.1) is 0 Å². The summed E-state index contributed by atoms with van der Waals surface area (Å²) < 4.78 is 15.5. The second-order valence-electron chi connectivity index (χ2n) is 13.1. The van der Waals surface area contributed by atoms with E-state index in [0.717, 1.165) is 27.0 Å². The normalized spacial score (nSPS) is 13.6. The first-order chi connectivity index (χ1) is 24.2. The van der Waals surface area contributed by atoms with Crippen LogP contribution in [0.1, 0.15) is 22.3 Å². The minimum absolute atomic E-state index is 0.446. The van der Waals surface area contributed by atoms with Crippen molar-refractivity contribution in [2.24, 2.45) is 0 Å². The number of hydrogen-bond donors (Lipinski definition) is 0. The zero-order valence-corrected chi connectivity index (χ0v) is 27.6. The number of hydrogen-bond acceptors (Lipinski definition) is 1. The van der Waals surface area contributed by atoms with Crippen molar-refractivity contribution in [3.63, 3.8) is 0 Å². The molecule has 2 aliphatic carbocycles. The highest BCUT2D eigenvalue weighted by molar-refractivity contribution is 7.85. The van der Waals surface area contributed by atoms with Crippen LogP contribution in [0.25, 0.3) is 44.2 Å². The summed E-state index contributed by atoms with van der Waals surface area (Å²) in [5.74, 6) is 0. The van der Waals surface area contributed by atoms with Crippen LogP contribution in [0.3, 0.4) is 0 Å². The van der Waals surface area contributed by atoms with Gasteiger partial charge in [0.15, 0.2) is 7.14 Å². The molecule has 0 bridgehead atoms. The largest absolute Gasteiger partial charge is 0.309 e. The third-order valence-corrected chi connectivity index (χ3v) is 13.8. The Balaban J connectivity index is 1.28. The molecule has 0 saturated carbocycles. The maximum absolute atomic E-state index is 15.5. The van der Waals surface area contributed by atoms with Crippen LogP contribution in [0, 0.1) is 0 Å². The van der Waals surface area contributed by atoms with Crippen LogP contribution in [0.5, 0.6) is 0 Å². The molecule has 0 aliphatic heterocycles. The van der Waals surface area contributed by atoms with Gasteiger partial charge in [0.1, 0.15) is 0 Å². The van der Waals surface area contributed by atoms with Crippen LogP contribution in [-0.4, -0.2) is 0 Å². The molecule has 2 aliphatic rings. The monoisotopic (exact) mass is 642 g/mol. The molecule has 2 heteroatoms. The Morgan fingerprint density at radius 1 is 0.347 bits per heavy atom. The summed E-state index contributed by atoms with van der Waals surface area (Å²) in [6, 6.07) is 66.6. The van der Waals surface area contributed by atoms with Crippen LogP contribution >= 0.6 is 7.14 Å². The van der Waals surface area contributed by atoms with Gasteiger partial charge in [-0.05, 0) is 84.6 Å². The van der Waals surface area contributed by atoms with Gasteiger partial charge in [-0.3, -0.25) is 0 Å². The van der Waals surface area contributed by atoms with E-state index in [1.807, 2.05) is 66.7 Å². The van der Waals surface area contributed by atoms with E-state index in [0.29, 0.717) is 0 Å². The van der Waals surface area contributed by atoms with E-state index >= 15 is 4.57 Å². The summed E-state index contributed by atoms with van der Waals surface area (Å²) in [5.41, 5.74) is 12.2. The molecule has 1 nitrogen and oxygen atoms in total. The van der Waals surface area contributed by atoms with Crippen molar-refractivity contribution in [3.8, 4) is 33.4 Å². The number of fused-ring (bicyclic) bond motifs is 11. The SMILES string of the molecule is O=P(c1ccccc1)(c1ccccc1)c1cccc(-c2cccc3c2-c2cc4ccccc4cc2C32c3ccccc3-c3ccccc32)c1. The molecule has 8 aromatic rings. The fourth-order valence-electron chi connectivity index (χ4n) is 8.71. The molecule has 10 rings (SSSR count). The highest BCUT2D eigenvalue weighted by Gasteiger charge is 2.52. The maximum Gasteiger partial charge on any atom is 0.171 e. The Kier molecular flexibility index (Phi) is 6.13. The van der Waals surface area contributed by atoms with E-state index in [9.17, 15) is 0 Å². The Hall–Kier alpha value is -5.75. The highest BCUT2D eigenvalue weighted by atomic mass is 31.2. The highest BCUT2D eigenvalue weighted by Crippen LogP contribution is 2.64. The molecule has 0 atom stereocenters. The molecule has 49 heavy (non-hydrogen) atoms. The lowest BCUT2D eigenvalue weighted by Crippen LogP contribution is -2.26. The van der Waals surface area contributed by atoms with Crippen molar-refractivity contribution in [2.45, 2.75) is 5.41 Å². The van der Waals surface area contributed by atoms with Crippen LogP contribution in [0.2, 0.25) is 0 Å². The van der Waals surface area contributed by atoms with E-state index in [1.165, 1.54) is 55.3 Å². The molecule has 0 heterocycles.